The lowest BCUT2D eigenvalue weighted by atomic mass is 10.2. The summed E-state index contributed by atoms with van der Waals surface area (Å²) in [5, 5.41) is 3.41. The zero-order valence-corrected chi connectivity index (χ0v) is 13.0. The molecule has 0 bridgehead atoms. The average Bonchev–Trinajstić information content (AvgIpc) is 2.43. The number of likely N-dealkylation sites (N-methyl/N-ethyl adjacent to an activating group) is 1. The van der Waals surface area contributed by atoms with Crippen LogP contribution >= 0.6 is 11.6 Å². The summed E-state index contributed by atoms with van der Waals surface area (Å²) in [6, 6.07) is 15.7. The normalized spacial score (nSPS) is 10.7. The van der Waals surface area contributed by atoms with Crippen LogP contribution < -0.4 is 5.32 Å². The Hall–Kier alpha value is -1.84. The molecule has 0 radical (unpaired) electrons. The second kappa shape index (κ2) is 7.25. The van der Waals surface area contributed by atoms with Gasteiger partial charge < -0.3 is 5.32 Å². The number of anilines is 1. The third-order valence-electron chi connectivity index (χ3n) is 3.11. The molecule has 0 saturated carbocycles. The van der Waals surface area contributed by atoms with E-state index < -0.39 is 0 Å². The van der Waals surface area contributed by atoms with Gasteiger partial charge in [0.15, 0.2) is 0 Å². The number of carbonyl (C=O) groups excluding carboxylic acids is 1. The van der Waals surface area contributed by atoms with Crippen LogP contribution in [0.3, 0.4) is 0 Å². The van der Waals surface area contributed by atoms with E-state index in [1.54, 1.807) is 0 Å². The maximum atomic E-state index is 12.0. The molecule has 2 aromatic carbocycles. The van der Waals surface area contributed by atoms with E-state index in [4.69, 9.17) is 11.6 Å². The topological polar surface area (TPSA) is 32.3 Å². The van der Waals surface area contributed by atoms with Crippen LogP contribution in [0.5, 0.6) is 0 Å². The Balaban J connectivity index is 1.89. The summed E-state index contributed by atoms with van der Waals surface area (Å²) < 4.78 is 0. The van der Waals surface area contributed by atoms with E-state index in [2.05, 4.69) is 5.32 Å². The Morgan fingerprint density at radius 3 is 2.57 bits per heavy atom. The average molecular weight is 303 g/mol. The lowest BCUT2D eigenvalue weighted by Gasteiger charge is -2.16. The molecule has 0 heterocycles. The fraction of sp³-hybridized carbons (Fsp3) is 0.235. The molecule has 0 saturated heterocycles. The first-order valence-corrected chi connectivity index (χ1v) is 7.21. The summed E-state index contributed by atoms with van der Waals surface area (Å²) in [4.78, 5) is 14.0. The van der Waals surface area contributed by atoms with E-state index in [1.165, 1.54) is 5.56 Å². The molecule has 110 valence electrons. The smallest absolute Gasteiger partial charge is 0.238 e. The Morgan fingerprint density at radius 1 is 1.19 bits per heavy atom. The van der Waals surface area contributed by atoms with Gasteiger partial charge in [0.1, 0.15) is 0 Å². The van der Waals surface area contributed by atoms with E-state index in [1.807, 2.05) is 67.4 Å². The van der Waals surface area contributed by atoms with Crippen LogP contribution in [0.1, 0.15) is 11.1 Å². The molecule has 3 nitrogen and oxygen atoms in total. The molecule has 1 amide bonds. The van der Waals surface area contributed by atoms with Crippen LogP contribution in [0.4, 0.5) is 5.69 Å². The number of hydrogen-bond acceptors (Lipinski definition) is 2. The van der Waals surface area contributed by atoms with Crippen molar-refractivity contribution in [2.45, 2.75) is 13.5 Å². The summed E-state index contributed by atoms with van der Waals surface area (Å²) in [7, 11) is 1.92. The van der Waals surface area contributed by atoms with Crippen molar-refractivity contribution in [3.05, 3.63) is 64.7 Å². The molecule has 21 heavy (non-hydrogen) atoms. The second-order valence-electron chi connectivity index (χ2n) is 5.19. The number of hydrogen-bond donors (Lipinski definition) is 1. The van der Waals surface area contributed by atoms with Gasteiger partial charge in [-0.1, -0.05) is 48.0 Å². The maximum absolute atomic E-state index is 12.0. The molecule has 0 aliphatic heterocycles. The first kappa shape index (κ1) is 15.5. The van der Waals surface area contributed by atoms with Gasteiger partial charge in [-0.25, -0.2) is 0 Å². The lowest BCUT2D eigenvalue weighted by Crippen LogP contribution is -2.29. The third-order valence-corrected chi connectivity index (χ3v) is 3.42. The number of amides is 1. The third kappa shape index (κ3) is 4.88. The van der Waals surface area contributed by atoms with Crippen LogP contribution in [0, 0.1) is 6.92 Å². The van der Waals surface area contributed by atoms with Crippen molar-refractivity contribution >= 4 is 23.2 Å². The van der Waals surface area contributed by atoms with Crippen molar-refractivity contribution in [2.24, 2.45) is 0 Å². The zero-order chi connectivity index (χ0) is 15.2. The van der Waals surface area contributed by atoms with Gasteiger partial charge in [-0.2, -0.15) is 0 Å². The van der Waals surface area contributed by atoms with Crippen LogP contribution in [0.2, 0.25) is 5.02 Å². The summed E-state index contributed by atoms with van der Waals surface area (Å²) >= 11 is 6.11. The molecular formula is C17H19ClN2O. The minimum Gasteiger partial charge on any atom is -0.324 e. The van der Waals surface area contributed by atoms with Gasteiger partial charge in [0.2, 0.25) is 5.91 Å². The zero-order valence-electron chi connectivity index (χ0n) is 12.3. The highest BCUT2D eigenvalue weighted by atomic mass is 35.5. The van der Waals surface area contributed by atoms with Crippen LogP contribution in [0.25, 0.3) is 0 Å². The minimum absolute atomic E-state index is 0.0702. The van der Waals surface area contributed by atoms with Crippen LogP contribution in [-0.2, 0) is 11.3 Å². The van der Waals surface area contributed by atoms with Crippen molar-refractivity contribution in [3.8, 4) is 0 Å². The quantitative estimate of drug-likeness (QED) is 0.913. The number of halogens is 1. The molecule has 1 N–H and O–H groups in total. The van der Waals surface area contributed by atoms with Gasteiger partial charge in [-0.15, -0.1) is 0 Å². The Bertz CT molecular complexity index is 613. The molecule has 0 atom stereocenters. The largest absolute Gasteiger partial charge is 0.324 e. The molecule has 0 aliphatic rings. The Kier molecular flexibility index (Phi) is 5.37. The molecule has 0 fully saturated rings. The molecular weight excluding hydrogens is 284 g/mol. The monoisotopic (exact) mass is 302 g/mol. The van der Waals surface area contributed by atoms with Gasteiger partial charge in [0.05, 0.1) is 17.3 Å². The molecule has 4 heteroatoms. The van der Waals surface area contributed by atoms with Crippen molar-refractivity contribution in [1.82, 2.24) is 4.90 Å². The van der Waals surface area contributed by atoms with Gasteiger partial charge >= 0.3 is 0 Å². The molecule has 0 aromatic heterocycles. The number of rotatable bonds is 5. The van der Waals surface area contributed by atoms with Gasteiger partial charge in [-0.3, -0.25) is 9.69 Å². The van der Waals surface area contributed by atoms with Crippen molar-refractivity contribution in [3.63, 3.8) is 0 Å². The van der Waals surface area contributed by atoms with Crippen molar-refractivity contribution in [1.29, 1.82) is 0 Å². The molecule has 0 unspecified atom stereocenters. The fourth-order valence-electron chi connectivity index (χ4n) is 2.11. The van der Waals surface area contributed by atoms with Gasteiger partial charge in [-0.05, 0) is 37.2 Å². The number of carbonyl (C=O) groups is 1. The fourth-order valence-corrected chi connectivity index (χ4v) is 2.39. The van der Waals surface area contributed by atoms with E-state index >= 15 is 0 Å². The Morgan fingerprint density at radius 2 is 1.90 bits per heavy atom. The Labute approximate surface area is 130 Å². The predicted octanol–water partition coefficient (Wildman–Crippen LogP) is 3.72. The number of aryl methyl sites for hydroxylation is 1. The standard InChI is InChI=1S/C17H19ClN2O/c1-13-8-9-16(15(18)10-13)19-17(21)12-20(2)11-14-6-4-3-5-7-14/h3-10H,11-12H2,1-2H3,(H,19,21). The summed E-state index contributed by atoms with van der Waals surface area (Å²) in [6.45, 7) is 3.01. The van der Waals surface area contributed by atoms with E-state index in [9.17, 15) is 4.79 Å². The summed E-state index contributed by atoms with van der Waals surface area (Å²) in [6.07, 6.45) is 0. The van der Waals surface area contributed by atoms with Crippen LogP contribution in [-0.4, -0.2) is 24.4 Å². The second-order valence-corrected chi connectivity index (χ2v) is 5.60. The minimum atomic E-state index is -0.0702. The highest BCUT2D eigenvalue weighted by molar-refractivity contribution is 6.33. The molecule has 0 aliphatic carbocycles. The predicted molar refractivity (Wildman–Crippen MR) is 87.6 cm³/mol. The maximum Gasteiger partial charge on any atom is 0.238 e. The highest BCUT2D eigenvalue weighted by Gasteiger charge is 2.09. The molecule has 2 aromatic rings. The van der Waals surface area contributed by atoms with Crippen molar-refractivity contribution < 1.29 is 4.79 Å². The highest BCUT2D eigenvalue weighted by Crippen LogP contribution is 2.22. The van der Waals surface area contributed by atoms with E-state index in [-0.39, 0.29) is 5.91 Å². The SMILES string of the molecule is Cc1ccc(NC(=O)CN(C)Cc2ccccc2)c(Cl)c1. The van der Waals surface area contributed by atoms with Gasteiger partial charge in [0.25, 0.3) is 0 Å². The number of benzene rings is 2. The number of nitrogens with one attached hydrogen (secondary N) is 1. The summed E-state index contributed by atoms with van der Waals surface area (Å²) in [5.74, 6) is -0.0702. The first-order valence-electron chi connectivity index (χ1n) is 6.83. The van der Waals surface area contributed by atoms with Gasteiger partial charge in [0, 0.05) is 6.54 Å². The van der Waals surface area contributed by atoms with E-state index in [0.717, 1.165) is 12.1 Å². The van der Waals surface area contributed by atoms with Crippen LogP contribution in [0.15, 0.2) is 48.5 Å². The number of nitrogens with zero attached hydrogens (tertiary/aromatic N) is 1. The summed E-state index contributed by atoms with van der Waals surface area (Å²) in [5.41, 5.74) is 2.90. The lowest BCUT2D eigenvalue weighted by molar-refractivity contribution is -0.117. The molecule has 0 spiro atoms. The van der Waals surface area contributed by atoms with Crippen molar-refractivity contribution in [2.75, 3.05) is 18.9 Å². The first-order chi connectivity index (χ1) is 10.0. The van der Waals surface area contributed by atoms with E-state index in [0.29, 0.717) is 17.3 Å². The molecule has 2 rings (SSSR count).